The van der Waals surface area contributed by atoms with Gasteiger partial charge in [0.2, 0.25) is 0 Å². The molecule has 4 fully saturated rings. The van der Waals surface area contributed by atoms with Crippen molar-refractivity contribution in [1.82, 2.24) is 0 Å². The van der Waals surface area contributed by atoms with Crippen molar-refractivity contribution >= 4 is 21.7 Å². The summed E-state index contributed by atoms with van der Waals surface area (Å²) < 4.78 is 0. The smallest absolute Gasteiger partial charge is 0.139 e. The van der Waals surface area contributed by atoms with Crippen molar-refractivity contribution in [1.29, 1.82) is 0 Å². The summed E-state index contributed by atoms with van der Waals surface area (Å²) in [6.45, 7) is 0. The van der Waals surface area contributed by atoms with Crippen molar-refractivity contribution in [2.45, 2.75) is 24.1 Å². The van der Waals surface area contributed by atoms with Crippen LogP contribution in [0.15, 0.2) is 0 Å². The highest BCUT2D eigenvalue weighted by Gasteiger charge is 2.70. The van der Waals surface area contributed by atoms with Gasteiger partial charge in [0.1, 0.15) is 5.78 Å². The van der Waals surface area contributed by atoms with Gasteiger partial charge >= 0.3 is 0 Å². The Bertz CT molecular complexity index is 300. The van der Waals surface area contributed by atoms with Gasteiger partial charge < -0.3 is 0 Å². The third kappa shape index (κ3) is 0.705. The van der Waals surface area contributed by atoms with Crippen LogP contribution in [0.4, 0.5) is 0 Å². The summed E-state index contributed by atoms with van der Waals surface area (Å²) >= 11 is 3.83. The van der Waals surface area contributed by atoms with Crippen LogP contribution in [0.3, 0.4) is 0 Å². The Hall–Kier alpha value is 0.150. The summed E-state index contributed by atoms with van der Waals surface area (Å²) in [6, 6.07) is 0. The van der Waals surface area contributed by atoms with E-state index in [1.165, 1.54) is 19.3 Å². The minimum absolute atomic E-state index is 0.470. The van der Waals surface area contributed by atoms with Gasteiger partial charge in [-0.05, 0) is 42.9 Å². The molecule has 4 saturated carbocycles. The molecule has 1 nitrogen and oxygen atoms in total. The lowest BCUT2D eigenvalue weighted by Gasteiger charge is -2.41. The summed E-state index contributed by atoms with van der Waals surface area (Å²) in [7, 11) is 0. The van der Waals surface area contributed by atoms with E-state index in [9.17, 15) is 4.79 Å². The SMILES string of the molecule is O=C1C2CC3CC(C2)C2C1C2C3Br. The molecule has 0 radical (unpaired) electrons. The lowest BCUT2D eigenvalue weighted by atomic mass is 9.65. The Morgan fingerprint density at radius 3 is 2.69 bits per heavy atom. The van der Waals surface area contributed by atoms with Crippen molar-refractivity contribution in [3.8, 4) is 0 Å². The Morgan fingerprint density at radius 1 is 1.08 bits per heavy atom. The average molecular weight is 241 g/mol. The van der Waals surface area contributed by atoms with E-state index in [1.807, 2.05) is 0 Å². The zero-order valence-corrected chi connectivity index (χ0v) is 9.03. The lowest BCUT2D eigenvalue weighted by Crippen LogP contribution is -2.38. The number of halogens is 1. The molecule has 7 unspecified atom stereocenters. The molecule has 0 saturated heterocycles. The van der Waals surface area contributed by atoms with Crippen LogP contribution in [-0.4, -0.2) is 10.6 Å². The highest BCUT2D eigenvalue weighted by Crippen LogP contribution is 2.70. The Labute approximate surface area is 86.4 Å². The van der Waals surface area contributed by atoms with Crippen LogP contribution in [-0.2, 0) is 4.79 Å². The van der Waals surface area contributed by atoms with E-state index >= 15 is 0 Å². The first-order chi connectivity index (χ1) is 6.27. The third-order valence-corrected chi connectivity index (χ3v) is 6.36. The summed E-state index contributed by atoms with van der Waals surface area (Å²) in [6.07, 6.45) is 3.86. The predicted molar refractivity (Wildman–Crippen MR) is 52.5 cm³/mol. The van der Waals surface area contributed by atoms with E-state index in [0.29, 0.717) is 22.4 Å². The molecule has 0 aliphatic heterocycles. The monoisotopic (exact) mass is 240 g/mol. The predicted octanol–water partition coefficient (Wildman–Crippen LogP) is 2.24. The molecule has 0 spiro atoms. The van der Waals surface area contributed by atoms with Crippen LogP contribution >= 0.6 is 15.9 Å². The van der Waals surface area contributed by atoms with Gasteiger partial charge in [0.15, 0.2) is 0 Å². The minimum Gasteiger partial charge on any atom is -0.299 e. The van der Waals surface area contributed by atoms with Gasteiger partial charge in [-0.25, -0.2) is 0 Å². The molecule has 3 bridgehead atoms. The van der Waals surface area contributed by atoms with Crippen molar-refractivity contribution in [3.63, 3.8) is 0 Å². The second-order valence-corrected chi connectivity index (χ2v) is 6.51. The number of hydrogen-bond donors (Lipinski definition) is 0. The number of ketones is 1. The minimum atomic E-state index is 0.470. The molecule has 4 rings (SSSR count). The highest BCUT2D eigenvalue weighted by molar-refractivity contribution is 9.09. The molecule has 0 N–H and O–H groups in total. The topological polar surface area (TPSA) is 17.1 Å². The quantitative estimate of drug-likeness (QED) is 0.594. The van der Waals surface area contributed by atoms with Gasteiger partial charge in [0.25, 0.3) is 0 Å². The van der Waals surface area contributed by atoms with Gasteiger partial charge in [0.05, 0.1) is 0 Å². The number of alkyl halides is 1. The van der Waals surface area contributed by atoms with Crippen LogP contribution < -0.4 is 0 Å². The molecule has 0 aromatic rings. The average Bonchev–Trinajstić information content (AvgIpc) is 2.87. The van der Waals surface area contributed by atoms with E-state index < -0.39 is 0 Å². The summed E-state index contributed by atoms with van der Waals surface area (Å²) in [4.78, 5) is 12.6. The molecule has 2 heteroatoms. The lowest BCUT2D eigenvalue weighted by molar-refractivity contribution is -0.128. The second-order valence-electron chi connectivity index (χ2n) is 5.45. The zero-order chi connectivity index (χ0) is 8.74. The fraction of sp³-hybridized carbons (Fsp3) is 0.909. The maximum atomic E-state index is 11.9. The largest absolute Gasteiger partial charge is 0.299 e. The number of carbonyl (C=O) groups excluding carboxylic acids is 1. The summed E-state index contributed by atoms with van der Waals surface area (Å²) in [5, 5.41) is 0. The normalized spacial score (nSPS) is 66.8. The van der Waals surface area contributed by atoms with Crippen molar-refractivity contribution in [2.75, 3.05) is 0 Å². The van der Waals surface area contributed by atoms with Crippen molar-refractivity contribution in [3.05, 3.63) is 0 Å². The van der Waals surface area contributed by atoms with E-state index in [1.54, 1.807) is 0 Å². The van der Waals surface area contributed by atoms with Crippen LogP contribution in [0.5, 0.6) is 0 Å². The van der Waals surface area contributed by atoms with E-state index in [4.69, 9.17) is 0 Å². The number of hydrogen-bond acceptors (Lipinski definition) is 1. The third-order valence-electron chi connectivity index (χ3n) is 5.01. The first-order valence-electron chi connectivity index (χ1n) is 5.45. The van der Waals surface area contributed by atoms with E-state index in [2.05, 4.69) is 15.9 Å². The molecule has 7 atom stereocenters. The van der Waals surface area contributed by atoms with Gasteiger partial charge in [-0.15, -0.1) is 0 Å². The second kappa shape index (κ2) is 2.05. The van der Waals surface area contributed by atoms with Gasteiger partial charge in [-0.1, -0.05) is 15.9 Å². The van der Waals surface area contributed by atoms with Crippen molar-refractivity contribution < 1.29 is 4.79 Å². The first kappa shape index (κ1) is 7.44. The van der Waals surface area contributed by atoms with Gasteiger partial charge in [-0.2, -0.15) is 0 Å². The van der Waals surface area contributed by atoms with Gasteiger partial charge in [0, 0.05) is 16.7 Å². The van der Waals surface area contributed by atoms with Crippen LogP contribution in [0.1, 0.15) is 19.3 Å². The Kier molecular flexibility index (Phi) is 1.17. The van der Waals surface area contributed by atoms with Crippen molar-refractivity contribution in [2.24, 2.45) is 35.5 Å². The van der Waals surface area contributed by atoms with Crippen LogP contribution in [0.25, 0.3) is 0 Å². The molecule has 13 heavy (non-hydrogen) atoms. The van der Waals surface area contributed by atoms with Crippen LogP contribution in [0, 0.1) is 35.5 Å². The molecule has 4 aliphatic rings. The molecule has 0 heterocycles. The number of fused-ring (bicyclic) bond motifs is 3. The molecule has 0 aromatic carbocycles. The molecular formula is C11H13BrO. The maximum absolute atomic E-state index is 11.9. The highest BCUT2D eigenvalue weighted by atomic mass is 79.9. The molecular weight excluding hydrogens is 228 g/mol. The first-order valence-corrected chi connectivity index (χ1v) is 6.36. The number of rotatable bonds is 0. The van der Waals surface area contributed by atoms with Crippen LogP contribution in [0.2, 0.25) is 0 Å². The van der Waals surface area contributed by atoms with E-state index in [0.717, 1.165) is 23.7 Å². The fourth-order valence-corrected chi connectivity index (χ4v) is 5.67. The summed E-state index contributed by atoms with van der Waals surface area (Å²) in [5.74, 6) is 4.94. The maximum Gasteiger partial charge on any atom is 0.139 e. The standard InChI is InChI=1S/C11H13BrO/c12-10-5-1-4-2-6(3-5)11(13)9-7(4)8(9)10/h4-10H,1-3H2. The summed E-state index contributed by atoms with van der Waals surface area (Å²) in [5.41, 5.74) is 0. The van der Waals surface area contributed by atoms with E-state index in [-0.39, 0.29) is 0 Å². The zero-order valence-electron chi connectivity index (χ0n) is 7.45. The Balaban J connectivity index is 1.85. The molecule has 70 valence electrons. The number of Topliss-reactive ketones (excluding diaryl/α,β-unsaturated/α-hetero) is 1. The molecule has 4 aliphatic carbocycles. The molecule has 0 amide bonds. The fourth-order valence-electron chi connectivity index (χ4n) is 4.56. The Morgan fingerprint density at radius 2 is 1.85 bits per heavy atom. The number of carbonyl (C=O) groups is 1. The molecule has 0 aromatic heterocycles. The van der Waals surface area contributed by atoms with Gasteiger partial charge in [-0.3, -0.25) is 4.79 Å².